The highest BCUT2D eigenvalue weighted by Gasteiger charge is 2.14. The summed E-state index contributed by atoms with van der Waals surface area (Å²) in [5, 5.41) is 4.69. The van der Waals surface area contributed by atoms with Crippen LogP contribution < -0.4 is 10.2 Å². The van der Waals surface area contributed by atoms with Crippen LogP contribution in [-0.2, 0) is 0 Å². The van der Waals surface area contributed by atoms with Gasteiger partial charge >= 0.3 is 0 Å². The Morgan fingerprint density at radius 2 is 1.68 bits per heavy atom. The summed E-state index contributed by atoms with van der Waals surface area (Å²) in [6.07, 6.45) is 0. The number of fused-ring (bicyclic) bond motifs is 1. The van der Waals surface area contributed by atoms with Gasteiger partial charge in [0.25, 0.3) is 0 Å². The Bertz CT molecular complexity index is 613. The summed E-state index contributed by atoms with van der Waals surface area (Å²) in [7, 11) is 0. The van der Waals surface area contributed by atoms with Crippen LogP contribution in [0, 0.1) is 20.8 Å². The molecule has 0 amide bonds. The number of aromatic nitrogens is 1. The molecule has 19 heavy (non-hydrogen) atoms. The molecule has 1 aromatic heterocycles. The standard InChI is InChI=1S/C16H21N3/c1-11-8-12(2)16-13(3)10-15(18-14(16)9-11)19-6-4-17-5-7-19/h8-10,17H,4-7H2,1-3H3. The van der Waals surface area contributed by atoms with Crippen molar-refractivity contribution in [3.63, 3.8) is 0 Å². The van der Waals surface area contributed by atoms with E-state index >= 15 is 0 Å². The Morgan fingerprint density at radius 3 is 2.42 bits per heavy atom. The summed E-state index contributed by atoms with van der Waals surface area (Å²) in [5.74, 6) is 1.12. The predicted octanol–water partition coefficient (Wildman–Crippen LogP) is 2.57. The summed E-state index contributed by atoms with van der Waals surface area (Å²) in [6.45, 7) is 10.7. The summed E-state index contributed by atoms with van der Waals surface area (Å²) in [6, 6.07) is 6.67. The highest BCUT2D eigenvalue weighted by molar-refractivity contribution is 5.87. The first-order valence-electron chi connectivity index (χ1n) is 6.99. The molecule has 0 spiro atoms. The van der Waals surface area contributed by atoms with Crippen LogP contribution in [0.4, 0.5) is 5.82 Å². The Morgan fingerprint density at radius 1 is 1.00 bits per heavy atom. The maximum Gasteiger partial charge on any atom is 0.129 e. The fourth-order valence-electron chi connectivity index (χ4n) is 3.02. The van der Waals surface area contributed by atoms with E-state index in [1.54, 1.807) is 0 Å². The molecule has 3 heteroatoms. The maximum atomic E-state index is 4.88. The fraction of sp³-hybridized carbons (Fsp3) is 0.438. The number of aryl methyl sites for hydroxylation is 3. The number of nitrogens with one attached hydrogen (secondary N) is 1. The Hall–Kier alpha value is -1.61. The van der Waals surface area contributed by atoms with Crippen LogP contribution in [-0.4, -0.2) is 31.2 Å². The van der Waals surface area contributed by atoms with Crippen LogP contribution in [0.3, 0.4) is 0 Å². The summed E-state index contributed by atoms with van der Waals surface area (Å²) in [4.78, 5) is 7.26. The van der Waals surface area contributed by atoms with E-state index < -0.39 is 0 Å². The minimum absolute atomic E-state index is 1.04. The van der Waals surface area contributed by atoms with Crippen LogP contribution in [0.1, 0.15) is 16.7 Å². The van der Waals surface area contributed by atoms with Gasteiger partial charge in [-0.1, -0.05) is 6.07 Å². The molecular weight excluding hydrogens is 234 g/mol. The van der Waals surface area contributed by atoms with Gasteiger partial charge in [0.1, 0.15) is 5.82 Å². The summed E-state index contributed by atoms with van der Waals surface area (Å²) < 4.78 is 0. The molecule has 0 saturated carbocycles. The van der Waals surface area contributed by atoms with Gasteiger partial charge < -0.3 is 10.2 Å². The van der Waals surface area contributed by atoms with Crippen LogP contribution in [0.25, 0.3) is 10.9 Å². The van der Waals surface area contributed by atoms with Crippen LogP contribution in [0.5, 0.6) is 0 Å². The van der Waals surface area contributed by atoms with Crippen molar-refractivity contribution in [1.29, 1.82) is 0 Å². The number of hydrogen-bond acceptors (Lipinski definition) is 3. The number of nitrogens with zero attached hydrogens (tertiary/aromatic N) is 2. The molecule has 3 nitrogen and oxygen atoms in total. The second-order valence-electron chi connectivity index (χ2n) is 5.51. The number of rotatable bonds is 1. The van der Waals surface area contributed by atoms with Crippen molar-refractivity contribution in [3.05, 3.63) is 34.9 Å². The zero-order chi connectivity index (χ0) is 13.4. The smallest absolute Gasteiger partial charge is 0.129 e. The maximum absolute atomic E-state index is 4.88. The molecule has 0 unspecified atom stereocenters. The number of hydrogen-bond donors (Lipinski definition) is 1. The molecule has 2 heterocycles. The SMILES string of the molecule is Cc1cc(C)c2c(C)cc(N3CCNCC3)nc2c1. The van der Waals surface area contributed by atoms with Crippen molar-refractivity contribution in [2.45, 2.75) is 20.8 Å². The molecule has 1 saturated heterocycles. The van der Waals surface area contributed by atoms with Gasteiger partial charge in [-0.15, -0.1) is 0 Å². The van der Waals surface area contributed by atoms with Gasteiger partial charge in [-0.3, -0.25) is 0 Å². The van der Waals surface area contributed by atoms with Gasteiger partial charge in [0.2, 0.25) is 0 Å². The second kappa shape index (κ2) is 4.82. The van der Waals surface area contributed by atoms with Crippen LogP contribution >= 0.6 is 0 Å². The molecule has 1 aliphatic heterocycles. The first-order chi connectivity index (χ1) is 9.15. The van der Waals surface area contributed by atoms with Gasteiger partial charge in [0.15, 0.2) is 0 Å². The first kappa shape index (κ1) is 12.4. The molecule has 0 radical (unpaired) electrons. The molecule has 0 bridgehead atoms. The number of piperazine rings is 1. The third kappa shape index (κ3) is 2.30. The van der Waals surface area contributed by atoms with E-state index in [4.69, 9.17) is 4.98 Å². The zero-order valence-electron chi connectivity index (χ0n) is 12.0. The van der Waals surface area contributed by atoms with Gasteiger partial charge in [-0.05, 0) is 49.6 Å². The van der Waals surface area contributed by atoms with Crippen molar-refractivity contribution < 1.29 is 0 Å². The largest absolute Gasteiger partial charge is 0.354 e. The monoisotopic (exact) mass is 255 g/mol. The molecule has 1 aromatic carbocycles. The molecular formula is C16H21N3. The zero-order valence-corrected chi connectivity index (χ0v) is 12.0. The van der Waals surface area contributed by atoms with Crippen molar-refractivity contribution in [3.8, 4) is 0 Å². The average molecular weight is 255 g/mol. The minimum atomic E-state index is 1.04. The van der Waals surface area contributed by atoms with Gasteiger partial charge in [-0.25, -0.2) is 4.98 Å². The van der Waals surface area contributed by atoms with E-state index in [1.807, 2.05) is 0 Å². The Balaban J connectivity index is 2.12. The Kier molecular flexibility index (Phi) is 3.15. The molecule has 2 aromatic rings. The molecule has 1 N–H and O–H groups in total. The molecule has 100 valence electrons. The molecule has 0 atom stereocenters. The topological polar surface area (TPSA) is 28.2 Å². The van der Waals surface area contributed by atoms with Crippen LogP contribution in [0.15, 0.2) is 18.2 Å². The third-order valence-corrected chi connectivity index (χ3v) is 3.87. The van der Waals surface area contributed by atoms with E-state index in [2.05, 4.69) is 49.2 Å². The van der Waals surface area contributed by atoms with Crippen molar-refractivity contribution >= 4 is 16.7 Å². The normalized spacial score (nSPS) is 16.1. The van der Waals surface area contributed by atoms with E-state index in [0.717, 1.165) is 37.5 Å². The fourth-order valence-corrected chi connectivity index (χ4v) is 3.02. The van der Waals surface area contributed by atoms with E-state index in [1.165, 1.54) is 22.1 Å². The van der Waals surface area contributed by atoms with Crippen molar-refractivity contribution in [2.75, 3.05) is 31.1 Å². The lowest BCUT2D eigenvalue weighted by atomic mass is 10.0. The number of pyridine rings is 1. The third-order valence-electron chi connectivity index (χ3n) is 3.87. The first-order valence-corrected chi connectivity index (χ1v) is 6.99. The lowest BCUT2D eigenvalue weighted by Crippen LogP contribution is -2.43. The molecule has 1 aliphatic rings. The van der Waals surface area contributed by atoms with E-state index in [9.17, 15) is 0 Å². The predicted molar refractivity (Wildman–Crippen MR) is 81.0 cm³/mol. The molecule has 1 fully saturated rings. The van der Waals surface area contributed by atoms with Gasteiger partial charge in [-0.2, -0.15) is 0 Å². The second-order valence-corrected chi connectivity index (χ2v) is 5.51. The lowest BCUT2D eigenvalue weighted by molar-refractivity contribution is 0.585. The number of anilines is 1. The van der Waals surface area contributed by atoms with Gasteiger partial charge in [0, 0.05) is 31.6 Å². The highest BCUT2D eigenvalue weighted by Crippen LogP contribution is 2.26. The molecule has 0 aliphatic carbocycles. The Labute approximate surface area is 114 Å². The summed E-state index contributed by atoms with van der Waals surface area (Å²) >= 11 is 0. The quantitative estimate of drug-likeness (QED) is 0.849. The average Bonchev–Trinajstić information content (AvgIpc) is 2.38. The van der Waals surface area contributed by atoms with Crippen molar-refractivity contribution in [2.24, 2.45) is 0 Å². The minimum Gasteiger partial charge on any atom is -0.354 e. The van der Waals surface area contributed by atoms with Crippen LogP contribution in [0.2, 0.25) is 0 Å². The molecule has 3 rings (SSSR count). The number of benzene rings is 1. The lowest BCUT2D eigenvalue weighted by Gasteiger charge is -2.29. The summed E-state index contributed by atoms with van der Waals surface area (Å²) in [5.41, 5.74) is 5.07. The van der Waals surface area contributed by atoms with E-state index in [0.29, 0.717) is 0 Å². The van der Waals surface area contributed by atoms with Gasteiger partial charge in [0.05, 0.1) is 5.52 Å². The van der Waals surface area contributed by atoms with E-state index in [-0.39, 0.29) is 0 Å². The highest BCUT2D eigenvalue weighted by atomic mass is 15.2. The van der Waals surface area contributed by atoms with Crippen molar-refractivity contribution in [1.82, 2.24) is 10.3 Å².